The highest BCUT2D eigenvalue weighted by molar-refractivity contribution is 7.99. The molecule has 2 aliphatic heterocycles. The predicted octanol–water partition coefficient (Wildman–Crippen LogP) is -5.85. The molecule has 0 radical (unpaired) electrons. The molecule has 10 amide bonds. The number of aromatic nitrogens is 1. The van der Waals surface area contributed by atoms with Crippen molar-refractivity contribution in [2.45, 2.75) is 186 Å². The van der Waals surface area contributed by atoms with Crippen LogP contribution in [0.4, 0.5) is 4.39 Å². The summed E-state index contributed by atoms with van der Waals surface area (Å²) < 4.78 is 30.4. The second-order valence-electron chi connectivity index (χ2n) is 28.0. The quantitative estimate of drug-likeness (QED) is 0.00747. The lowest BCUT2D eigenvalue weighted by atomic mass is 9.97. The van der Waals surface area contributed by atoms with Gasteiger partial charge < -0.3 is 139 Å². The van der Waals surface area contributed by atoms with E-state index in [4.69, 9.17) is 24.8 Å². The number of carbonyl (C=O) groups is 11. The van der Waals surface area contributed by atoms with Crippen molar-refractivity contribution in [1.82, 2.24) is 58.2 Å². The molecule has 3 heterocycles. The van der Waals surface area contributed by atoms with Gasteiger partial charge in [0.2, 0.25) is 53.2 Å². The summed E-state index contributed by atoms with van der Waals surface area (Å²) >= 11 is 9.27. The maximum absolute atomic E-state index is 15.2. The largest absolute Gasteiger partial charge is 0.508 e. The smallest absolute Gasteiger partial charge is 0.328 e. The molecular weight excluding hydrogens is 1630 g/mol. The first-order valence-electron chi connectivity index (χ1n) is 37.8. The van der Waals surface area contributed by atoms with Crippen molar-refractivity contribution in [3.63, 3.8) is 0 Å². The summed E-state index contributed by atoms with van der Waals surface area (Å²) in [5.74, 6) is -13.7. The van der Waals surface area contributed by atoms with E-state index in [0.29, 0.717) is 39.6 Å². The summed E-state index contributed by atoms with van der Waals surface area (Å²) in [5, 5.41) is 143. The number of nitrogens with one attached hydrogen (secondary N) is 11. The molecule has 5 aromatic rings. The number of benzene rings is 4. The summed E-state index contributed by atoms with van der Waals surface area (Å²) in [6, 6.07) is 10.5. The number of H-pyrrole nitrogens is 1. The van der Waals surface area contributed by atoms with E-state index < -0.39 is 242 Å². The molecule has 652 valence electrons. The zero-order valence-corrected chi connectivity index (χ0v) is 67.1. The van der Waals surface area contributed by atoms with Crippen LogP contribution >= 0.6 is 37.0 Å². The number of nitrogens with two attached hydrogens (primary N) is 1. The third-order valence-corrected chi connectivity index (χ3v) is 20.9. The number of fused-ring (bicyclic) bond motifs is 1. The lowest BCUT2D eigenvalue weighted by molar-refractivity contribution is -0.338. The zero-order valence-electron chi connectivity index (χ0n) is 64.4. The fourth-order valence-corrected chi connectivity index (χ4v) is 14.0. The number of carboxylic acids is 1. The van der Waals surface area contributed by atoms with Crippen LogP contribution in [-0.4, -0.2) is 310 Å². The maximum atomic E-state index is 15.2. The molecule has 0 unspecified atom stereocenters. The van der Waals surface area contributed by atoms with Gasteiger partial charge in [0.25, 0.3) is 5.91 Å². The minimum atomic E-state index is -1.93. The first kappa shape index (κ1) is 96.5. The Kier molecular flexibility index (Phi) is 38.9. The first-order valence-corrected chi connectivity index (χ1v) is 40.1. The number of oxime groups is 1. The average molecular weight is 1730 g/mol. The van der Waals surface area contributed by atoms with Crippen LogP contribution in [0.25, 0.3) is 10.9 Å². The Morgan fingerprint density at radius 1 is 0.580 bits per heavy atom. The van der Waals surface area contributed by atoms with Gasteiger partial charge in [-0.15, -0.1) is 11.8 Å². The number of rotatable bonds is 46. The molecule has 43 heteroatoms. The third kappa shape index (κ3) is 29.0. The number of hydrogen-bond donors (Lipinski definition) is 25. The van der Waals surface area contributed by atoms with Crippen LogP contribution in [0, 0.1) is 5.82 Å². The molecule has 21 atom stereocenters. The van der Waals surface area contributed by atoms with E-state index in [9.17, 15) is 104 Å². The number of aromatic hydroxyl groups is 1. The lowest BCUT2D eigenvalue weighted by Crippen LogP contribution is -2.64. The Labute approximate surface area is 696 Å². The highest BCUT2D eigenvalue weighted by Crippen LogP contribution is 2.33. The fraction of sp³-hybridized carbons (Fsp3) is 0.500. The predicted molar refractivity (Wildman–Crippen MR) is 429 cm³/mol. The molecule has 0 saturated carbocycles. The number of ether oxygens (including phenoxy) is 3. The average Bonchev–Trinajstić information content (AvgIpc) is 1.28. The van der Waals surface area contributed by atoms with Gasteiger partial charge in [0.1, 0.15) is 114 Å². The van der Waals surface area contributed by atoms with Gasteiger partial charge in [0.15, 0.2) is 18.9 Å². The van der Waals surface area contributed by atoms with Crippen molar-refractivity contribution >= 4 is 119 Å². The number of thioether (sulfide) groups is 1. The number of unbranched alkanes of at least 4 members (excludes halogenated alkanes) is 1. The van der Waals surface area contributed by atoms with E-state index in [1.165, 1.54) is 42.6 Å². The minimum Gasteiger partial charge on any atom is -0.508 e. The van der Waals surface area contributed by atoms with Crippen LogP contribution in [0.5, 0.6) is 5.75 Å². The number of halogens is 1. The molecule has 7 rings (SSSR count). The highest BCUT2D eigenvalue weighted by atomic mass is 32.2. The van der Waals surface area contributed by atoms with Crippen molar-refractivity contribution in [3.05, 3.63) is 137 Å². The standard InChI is InChI=1S/C76H102FN13O26S3/c1-37(93)58(73(110)88-53(36-118)72(109)90-59(38(2)94)74(111)112)89-66(103)47(14-8-9-24-78)83-69(106)50(28-42-30-79-46-13-7-6-12-45(42)46)86-67(104)49(27-40-17-21-44(95)22-18-40)85-71(108)52(35-117)87-68(105)48(26-39-10-4-3-5-11-39)84-70(107)51(31-80-57(97)34-113-81-29-41-15-19-43(77)20-16-41)82-56(96)23-25-119-76-64(102)62(100)65(55(33-92)115-76)116-75-63(101)61(99)60(98)54(32-91)114-75/h3-7,10-13,15-22,29-30,37-38,47-55,58-65,75-76,79,91-95,98-102,117-118H,8-9,14,23-28,31-36,78H2,1-2H3,(H,80,97)(H,82,96)(H,83,106)(H,84,107)(H,85,108)(H,86,104)(H,87,105)(H,88,110)(H,89,103)(H,90,109)(H,111,112)/b81-29+/t37-,38-,47+,48-,49+,50-,51+,52+,53+,54-,55-,58+,59+,60-,61+,62-,63-,64-,65-,75+,76+/m1/s1. The molecule has 2 saturated heterocycles. The number of nitrogens with zero attached hydrogens (tertiary/aromatic N) is 1. The normalized spacial score (nSPS) is 21.9. The summed E-state index contributed by atoms with van der Waals surface area (Å²) in [4.78, 5) is 163. The van der Waals surface area contributed by atoms with Gasteiger partial charge in [0.05, 0.1) is 31.6 Å². The summed E-state index contributed by atoms with van der Waals surface area (Å²) in [6.45, 7) is -0.761. The summed E-state index contributed by atoms with van der Waals surface area (Å²) in [7, 11) is 0. The van der Waals surface area contributed by atoms with Gasteiger partial charge in [-0.25, -0.2) is 9.18 Å². The van der Waals surface area contributed by atoms with Crippen LogP contribution in [0.3, 0.4) is 0 Å². The van der Waals surface area contributed by atoms with Crippen LogP contribution in [0.1, 0.15) is 61.8 Å². The van der Waals surface area contributed by atoms with Gasteiger partial charge in [-0.1, -0.05) is 78.0 Å². The molecule has 39 nitrogen and oxygen atoms in total. The molecule has 4 aromatic carbocycles. The molecule has 2 fully saturated rings. The van der Waals surface area contributed by atoms with Crippen molar-refractivity contribution in [1.29, 1.82) is 0 Å². The number of aromatic amines is 1. The van der Waals surface area contributed by atoms with Crippen LogP contribution < -0.4 is 58.9 Å². The van der Waals surface area contributed by atoms with Crippen LogP contribution in [0.2, 0.25) is 0 Å². The van der Waals surface area contributed by atoms with E-state index in [-0.39, 0.29) is 50.2 Å². The Bertz CT molecular complexity index is 4200. The molecule has 119 heavy (non-hydrogen) atoms. The second-order valence-corrected chi connectivity index (χ2v) is 30.0. The van der Waals surface area contributed by atoms with Crippen LogP contribution in [-0.2, 0) is 91.1 Å². The van der Waals surface area contributed by atoms with E-state index in [0.717, 1.165) is 37.7 Å². The van der Waals surface area contributed by atoms with Crippen LogP contribution in [0.15, 0.2) is 114 Å². The number of amides is 10. The number of para-hydroxylation sites is 1. The Balaban J connectivity index is 1.11. The monoisotopic (exact) mass is 1730 g/mol. The molecule has 0 spiro atoms. The summed E-state index contributed by atoms with van der Waals surface area (Å²) in [6.07, 6.45) is -17.2. The number of phenolic OH excluding ortho intramolecular Hbond substituents is 1. The van der Waals surface area contributed by atoms with Crippen molar-refractivity contribution < 1.29 is 132 Å². The molecular formula is C76H102FN13O26S3. The van der Waals surface area contributed by atoms with E-state index in [2.05, 4.69) is 88.6 Å². The number of aliphatic carboxylic acids is 1. The Morgan fingerprint density at radius 2 is 1.11 bits per heavy atom. The van der Waals surface area contributed by atoms with E-state index in [1.54, 1.807) is 60.8 Å². The molecule has 1 aromatic heterocycles. The van der Waals surface area contributed by atoms with Crippen molar-refractivity contribution in [2.24, 2.45) is 10.9 Å². The zero-order chi connectivity index (χ0) is 87.2. The van der Waals surface area contributed by atoms with Crippen molar-refractivity contribution in [3.8, 4) is 5.75 Å². The lowest BCUT2D eigenvalue weighted by Gasteiger charge is -2.46. The molecule has 2 aliphatic rings. The van der Waals surface area contributed by atoms with Gasteiger partial charge in [-0.05, 0) is 92.2 Å². The molecule has 0 aliphatic carbocycles. The number of phenols is 1. The molecule has 24 N–H and O–H groups in total. The topological polar surface area (TPSA) is 622 Å². The minimum absolute atomic E-state index is 0.134. The number of aliphatic hydroxyl groups is 9. The van der Waals surface area contributed by atoms with E-state index >= 15 is 9.59 Å². The number of hydrogen-bond acceptors (Lipinski definition) is 30. The highest BCUT2D eigenvalue weighted by Gasteiger charge is 2.51. The summed E-state index contributed by atoms with van der Waals surface area (Å²) in [5.41, 5.74) is 6.71. The number of carboxylic acid groups (broad SMARTS) is 1. The van der Waals surface area contributed by atoms with Crippen molar-refractivity contribution in [2.75, 3.05) is 50.2 Å². The number of carbonyl (C=O) groups excluding carboxylic acids is 10. The van der Waals surface area contributed by atoms with Gasteiger partial charge in [-0.2, -0.15) is 25.3 Å². The third-order valence-electron chi connectivity index (χ3n) is 19.0. The SMILES string of the molecule is C[C@@H](O)[C@H](NC(=O)[C@H](CS)NC(=O)[C@@H](NC(=O)[C@H](CCCCN)NC(=O)[C@@H](Cc1c[nH]c2ccccc12)NC(=O)[C@H](Cc1ccc(O)cc1)NC(=O)[C@H](CS)NC(=O)[C@@H](Cc1ccccc1)NC(=O)[C@H](CNC(=O)CO/N=C/c1ccc(F)cc1)NC(=O)CCS[C@@H]1O[C@H](CO)[C@@H](O[C@@H]2O[C@H](CO)[C@@H](O)[C@H](O)[C@H]2O)[C@H](O)[C@H]1O)[C@@H](C)O)C(=O)O. The Hall–Kier alpha value is -9.68. The number of thiol groups is 2. The van der Waals surface area contributed by atoms with Gasteiger partial charge >= 0.3 is 5.97 Å². The second kappa shape index (κ2) is 47.9. The Morgan fingerprint density at radius 3 is 1.70 bits per heavy atom. The maximum Gasteiger partial charge on any atom is 0.328 e. The first-order chi connectivity index (χ1) is 56.8. The number of aliphatic hydroxyl groups excluding tert-OH is 9. The van der Waals surface area contributed by atoms with E-state index in [1.807, 2.05) is 0 Å². The van der Waals surface area contributed by atoms with Gasteiger partial charge in [0, 0.05) is 66.6 Å². The fourth-order valence-electron chi connectivity index (χ4n) is 12.4. The molecule has 0 bridgehead atoms. The van der Waals surface area contributed by atoms with Gasteiger partial charge in [-0.3, -0.25) is 47.9 Å².